The van der Waals surface area contributed by atoms with Gasteiger partial charge in [-0.05, 0) is 0 Å². The average Bonchev–Trinajstić information content (AvgIpc) is 1.85. The topological polar surface area (TPSA) is 93.1 Å². The molecule has 0 aliphatic heterocycles. The normalized spacial score (nSPS) is 9.17. The second-order valence-electron chi connectivity index (χ2n) is 1.28. The van der Waals surface area contributed by atoms with Crippen molar-refractivity contribution in [3.63, 3.8) is 0 Å². The maximum Gasteiger partial charge on any atom is 0.394 e. The van der Waals surface area contributed by atoms with Gasteiger partial charge in [0, 0.05) is 0 Å². The van der Waals surface area contributed by atoms with Crippen molar-refractivity contribution in [3.05, 3.63) is 25.5 Å². The second kappa shape index (κ2) is 8.21. The van der Waals surface area contributed by atoms with Crippen molar-refractivity contribution in [2.45, 2.75) is 0 Å². The number of hydrogen-bond donors (Lipinski definition) is 2. The van der Waals surface area contributed by atoms with Gasteiger partial charge in [-0.3, -0.25) is 9.11 Å². The van der Waals surface area contributed by atoms with Gasteiger partial charge in [-0.1, -0.05) is 12.7 Å². The standard InChI is InChI=1S/C5H8O2.H2O4S/c1-3-5-7-6-4-2;1-5(2,3)4/h3-4H,1-2,5H2;(H2,1,2,3,4). The van der Waals surface area contributed by atoms with Gasteiger partial charge in [0.2, 0.25) is 0 Å². The minimum absolute atomic E-state index is 0.395. The second-order valence-corrected chi connectivity index (χ2v) is 2.18. The van der Waals surface area contributed by atoms with Crippen molar-refractivity contribution in [2.24, 2.45) is 0 Å². The van der Waals surface area contributed by atoms with Gasteiger partial charge in [0.15, 0.2) is 0 Å². The fourth-order valence-electron chi connectivity index (χ4n) is 0.136. The Bertz CT molecular complexity index is 190. The molecule has 0 aromatic carbocycles. The van der Waals surface area contributed by atoms with E-state index in [9.17, 15) is 0 Å². The maximum atomic E-state index is 8.74. The summed E-state index contributed by atoms with van der Waals surface area (Å²) in [6.07, 6.45) is 2.80. The zero-order valence-electron chi connectivity index (χ0n) is 6.21. The van der Waals surface area contributed by atoms with Gasteiger partial charge in [0.05, 0.1) is 0 Å². The predicted molar refractivity (Wildman–Crippen MR) is 41.6 cm³/mol. The van der Waals surface area contributed by atoms with E-state index in [-0.39, 0.29) is 0 Å². The van der Waals surface area contributed by atoms with E-state index in [0.717, 1.165) is 0 Å². The molecule has 0 aromatic rings. The molecule has 2 N–H and O–H groups in total. The first-order valence-corrected chi connectivity index (χ1v) is 4.01. The van der Waals surface area contributed by atoms with E-state index in [4.69, 9.17) is 17.5 Å². The summed E-state index contributed by atoms with van der Waals surface area (Å²) in [5.74, 6) is 0. The van der Waals surface area contributed by atoms with Gasteiger partial charge in [-0.2, -0.15) is 13.3 Å². The van der Waals surface area contributed by atoms with Crippen LogP contribution in [0.4, 0.5) is 0 Å². The minimum Gasteiger partial charge on any atom is -0.346 e. The van der Waals surface area contributed by atoms with Crippen molar-refractivity contribution in [2.75, 3.05) is 6.61 Å². The lowest BCUT2D eigenvalue weighted by Gasteiger charge is -1.91. The molecular weight excluding hydrogens is 188 g/mol. The zero-order chi connectivity index (χ0) is 10.0. The summed E-state index contributed by atoms with van der Waals surface area (Å²) in [6.45, 7) is 7.04. The Balaban J connectivity index is 0. The molecule has 72 valence electrons. The third-order valence-corrected chi connectivity index (χ3v) is 0.322. The Morgan fingerprint density at radius 3 is 2.00 bits per heavy atom. The third kappa shape index (κ3) is 61.9. The van der Waals surface area contributed by atoms with Gasteiger partial charge >= 0.3 is 10.4 Å². The van der Waals surface area contributed by atoms with Gasteiger partial charge < -0.3 is 4.89 Å². The van der Waals surface area contributed by atoms with Crippen LogP contribution >= 0.6 is 0 Å². The van der Waals surface area contributed by atoms with Crippen LogP contribution in [0.3, 0.4) is 0 Å². The molecular formula is C5H10O6S. The van der Waals surface area contributed by atoms with Crippen molar-refractivity contribution in [1.29, 1.82) is 0 Å². The molecule has 12 heavy (non-hydrogen) atoms. The van der Waals surface area contributed by atoms with Crippen molar-refractivity contribution >= 4 is 10.4 Å². The highest BCUT2D eigenvalue weighted by atomic mass is 32.3. The molecule has 0 bridgehead atoms. The first kappa shape index (κ1) is 13.7. The van der Waals surface area contributed by atoms with Crippen molar-refractivity contribution in [3.8, 4) is 0 Å². The summed E-state index contributed by atoms with van der Waals surface area (Å²) in [5.41, 5.74) is 0. The van der Waals surface area contributed by atoms with Crippen molar-refractivity contribution in [1.82, 2.24) is 0 Å². The Morgan fingerprint density at radius 2 is 1.75 bits per heavy atom. The smallest absolute Gasteiger partial charge is 0.346 e. The zero-order valence-corrected chi connectivity index (χ0v) is 7.03. The van der Waals surface area contributed by atoms with Crippen LogP contribution in [0, 0.1) is 0 Å². The summed E-state index contributed by atoms with van der Waals surface area (Å²) in [4.78, 5) is 8.66. The number of hydrogen-bond acceptors (Lipinski definition) is 4. The van der Waals surface area contributed by atoms with Crippen LogP contribution in [-0.2, 0) is 20.2 Å². The lowest BCUT2D eigenvalue weighted by molar-refractivity contribution is -0.238. The first-order valence-electron chi connectivity index (χ1n) is 2.61. The largest absolute Gasteiger partial charge is 0.394 e. The predicted octanol–water partition coefficient (Wildman–Crippen LogP) is 0.611. The molecule has 0 aromatic heterocycles. The highest BCUT2D eigenvalue weighted by molar-refractivity contribution is 7.79. The van der Waals surface area contributed by atoms with Crippen LogP contribution in [0.2, 0.25) is 0 Å². The molecule has 0 radical (unpaired) electrons. The lowest BCUT2D eigenvalue weighted by atomic mass is 10.7. The van der Waals surface area contributed by atoms with E-state index in [1.807, 2.05) is 0 Å². The monoisotopic (exact) mass is 198 g/mol. The Kier molecular flexibility index (Phi) is 9.36. The maximum absolute atomic E-state index is 8.74. The number of rotatable bonds is 4. The molecule has 0 heterocycles. The highest BCUT2D eigenvalue weighted by Gasteiger charge is 1.84. The molecule has 0 saturated heterocycles. The Hall–Kier alpha value is -0.890. The van der Waals surface area contributed by atoms with Crippen LogP contribution in [0.25, 0.3) is 0 Å². The van der Waals surface area contributed by atoms with Gasteiger partial charge in [-0.25, -0.2) is 0 Å². The molecule has 0 saturated carbocycles. The summed E-state index contributed by atoms with van der Waals surface area (Å²) >= 11 is 0. The molecule has 7 heteroatoms. The van der Waals surface area contributed by atoms with Crippen LogP contribution < -0.4 is 0 Å². The Morgan fingerprint density at radius 1 is 1.33 bits per heavy atom. The fraction of sp³-hybridized carbons (Fsp3) is 0.200. The molecule has 0 amide bonds. The van der Waals surface area contributed by atoms with Crippen LogP contribution in [-0.4, -0.2) is 24.1 Å². The third-order valence-electron chi connectivity index (χ3n) is 0.322. The van der Waals surface area contributed by atoms with E-state index in [1.54, 1.807) is 6.08 Å². The van der Waals surface area contributed by atoms with Crippen LogP contribution in [0.5, 0.6) is 0 Å². The van der Waals surface area contributed by atoms with Gasteiger partial charge in [0.25, 0.3) is 0 Å². The molecule has 0 rings (SSSR count). The Labute approximate surface area is 70.6 Å². The fourth-order valence-corrected chi connectivity index (χ4v) is 0.136. The van der Waals surface area contributed by atoms with Gasteiger partial charge in [0.1, 0.15) is 12.9 Å². The molecule has 0 fully saturated rings. The summed E-state index contributed by atoms with van der Waals surface area (Å²) < 4.78 is 31.6. The minimum atomic E-state index is -4.67. The summed E-state index contributed by atoms with van der Waals surface area (Å²) in [5, 5.41) is 0. The quantitative estimate of drug-likeness (QED) is 0.172. The molecule has 0 spiro atoms. The van der Waals surface area contributed by atoms with E-state index in [2.05, 4.69) is 22.9 Å². The molecule has 0 aliphatic rings. The highest BCUT2D eigenvalue weighted by Crippen LogP contribution is 1.75. The average molecular weight is 198 g/mol. The molecule has 0 unspecified atom stereocenters. The van der Waals surface area contributed by atoms with Crippen LogP contribution in [0.15, 0.2) is 25.5 Å². The summed E-state index contributed by atoms with van der Waals surface area (Å²) in [7, 11) is -4.67. The first-order chi connectivity index (χ1) is 5.41. The molecule has 6 nitrogen and oxygen atoms in total. The van der Waals surface area contributed by atoms with E-state index >= 15 is 0 Å². The molecule has 0 atom stereocenters. The van der Waals surface area contributed by atoms with E-state index in [1.165, 1.54) is 6.26 Å². The van der Waals surface area contributed by atoms with E-state index < -0.39 is 10.4 Å². The lowest BCUT2D eigenvalue weighted by Crippen LogP contribution is -1.89. The van der Waals surface area contributed by atoms with E-state index in [0.29, 0.717) is 6.61 Å². The van der Waals surface area contributed by atoms with Crippen molar-refractivity contribution < 1.29 is 27.3 Å². The molecule has 0 aliphatic carbocycles. The SMILES string of the molecule is C=CCOOC=C.O=S(=O)(O)O. The van der Waals surface area contributed by atoms with Gasteiger partial charge in [-0.15, -0.1) is 6.58 Å². The van der Waals surface area contributed by atoms with Crippen LogP contribution in [0.1, 0.15) is 0 Å². The summed E-state index contributed by atoms with van der Waals surface area (Å²) in [6, 6.07) is 0.